The van der Waals surface area contributed by atoms with Crippen LogP contribution in [0.3, 0.4) is 0 Å². The van der Waals surface area contributed by atoms with Gasteiger partial charge in [0.1, 0.15) is 0 Å². The summed E-state index contributed by atoms with van der Waals surface area (Å²) in [5, 5.41) is 0. The summed E-state index contributed by atoms with van der Waals surface area (Å²) in [7, 11) is 0. The van der Waals surface area contributed by atoms with Crippen LogP contribution in [0.2, 0.25) is 13.3 Å². The van der Waals surface area contributed by atoms with E-state index in [0.717, 1.165) is 0 Å². The average Bonchev–Trinajstić information content (AvgIpc) is 2.49. The third kappa shape index (κ3) is 10.2. The maximum atomic E-state index is 12.1. The molecule has 0 saturated carbocycles. The van der Waals surface area contributed by atoms with Crippen LogP contribution in [0.15, 0.2) is 24.3 Å². The summed E-state index contributed by atoms with van der Waals surface area (Å²) in [6.07, 6.45) is 14.4. The van der Waals surface area contributed by atoms with Gasteiger partial charge in [0.05, 0.1) is 0 Å². The van der Waals surface area contributed by atoms with Gasteiger partial charge in [-0.25, -0.2) is 0 Å². The molecule has 0 aliphatic rings. The fourth-order valence-electron chi connectivity index (χ4n) is 2.52. The van der Waals surface area contributed by atoms with Crippen molar-refractivity contribution >= 4 is 24.8 Å². The van der Waals surface area contributed by atoms with Crippen molar-refractivity contribution in [2.75, 3.05) is 0 Å². The molecule has 0 radical (unpaired) electrons. The van der Waals surface area contributed by atoms with Gasteiger partial charge in [0, 0.05) is 0 Å². The first-order valence-electron chi connectivity index (χ1n) is 8.66. The second-order valence-electron chi connectivity index (χ2n) is 5.80. The van der Waals surface area contributed by atoms with Crippen LogP contribution in [-0.4, -0.2) is 24.8 Å². The van der Waals surface area contributed by atoms with Gasteiger partial charge in [-0.2, -0.15) is 0 Å². The molecule has 0 unspecified atom stereocenters. The minimum atomic E-state index is -2.75. The van der Waals surface area contributed by atoms with Crippen molar-refractivity contribution in [2.45, 2.75) is 79.5 Å². The van der Waals surface area contributed by atoms with E-state index in [-0.39, 0.29) is 5.97 Å². The summed E-state index contributed by atoms with van der Waals surface area (Å²) in [4.78, 5) is 12.1. The first-order chi connectivity index (χ1) is 10.1. The first kappa shape index (κ1) is 20.7. The Bertz CT molecular complexity index is 299. The van der Waals surface area contributed by atoms with E-state index in [1.807, 2.05) is 19.1 Å². The van der Waals surface area contributed by atoms with Gasteiger partial charge >= 0.3 is 136 Å². The van der Waals surface area contributed by atoms with Gasteiger partial charge in [0.15, 0.2) is 0 Å². The zero-order valence-electron chi connectivity index (χ0n) is 14.5. The molecule has 0 aromatic heterocycles. The van der Waals surface area contributed by atoms with E-state index >= 15 is 0 Å². The minimum absolute atomic E-state index is 0.104. The Kier molecular flexibility index (Phi) is 13.3. The van der Waals surface area contributed by atoms with Crippen LogP contribution in [0.25, 0.3) is 0 Å². The molecule has 0 heterocycles. The summed E-state index contributed by atoms with van der Waals surface area (Å²) in [5.74, 6) is -0.104. The quantitative estimate of drug-likeness (QED) is 0.228. The molecule has 0 saturated heterocycles. The van der Waals surface area contributed by atoms with Gasteiger partial charge in [-0.1, -0.05) is 0 Å². The molecule has 0 amide bonds. The maximum absolute atomic E-state index is 12.1. The molecule has 0 aliphatic heterocycles. The Morgan fingerprint density at radius 2 is 1.38 bits per heavy atom. The normalized spacial score (nSPS) is 12.4. The molecule has 122 valence electrons. The van der Waals surface area contributed by atoms with E-state index in [0.29, 0.717) is 0 Å². The Morgan fingerprint density at radius 3 is 1.76 bits per heavy atom. The standard InChI is InChI=1S/C6H8O2.3C4H9.Sn/c1-2-3-4-5-6(7)8;3*1-3-4-2;/h2-5H,1H3,(H,7,8);3*1,3-4H2,2H3;/q;;;;+1/p-1. The number of rotatable bonds is 12. The van der Waals surface area contributed by atoms with Gasteiger partial charge in [-0.05, 0) is 0 Å². The molecule has 21 heavy (non-hydrogen) atoms. The van der Waals surface area contributed by atoms with Crippen molar-refractivity contribution in [1.82, 2.24) is 0 Å². The van der Waals surface area contributed by atoms with Crippen molar-refractivity contribution in [3.05, 3.63) is 24.3 Å². The van der Waals surface area contributed by atoms with E-state index in [1.165, 1.54) is 51.8 Å². The summed E-state index contributed by atoms with van der Waals surface area (Å²) in [5.41, 5.74) is 0. The molecule has 0 N–H and O–H groups in total. The van der Waals surface area contributed by atoms with Gasteiger partial charge in [0.2, 0.25) is 0 Å². The molecular formula is C18H34O2Sn. The second-order valence-corrected chi connectivity index (χ2v) is 17.4. The number of hydrogen-bond donors (Lipinski definition) is 0. The predicted octanol–water partition coefficient (Wildman–Crippen LogP) is 6.01. The summed E-state index contributed by atoms with van der Waals surface area (Å²) < 4.78 is 9.75. The number of carbonyl (C=O) groups is 1. The number of hydrogen-bond acceptors (Lipinski definition) is 2. The van der Waals surface area contributed by atoms with Crippen LogP contribution >= 0.6 is 0 Å². The molecule has 0 spiro atoms. The zero-order valence-corrected chi connectivity index (χ0v) is 17.3. The van der Waals surface area contributed by atoms with Crippen LogP contribution in [0.1, 0.15) is 66.2 Å². The molecule has 0 fully saturated rings. The molecule has 0 rings (SSSR count). The van der Waals surface area contributed by atoms with Crippen molar-refractivity contribution < 1.29 is 7.87 Å². The third-order valence-corrected chi connectivity index (χ3v) is 16.5. The molecule has 0 aromatic rings. The van der Waals surface area contributed by atoms with E-state index < -0.39 is 18.8 Å². The fourth-order valence-corrected chi connectivity index (χ4v) is 15.5. The van der Waals surface area contributed by atoms with E-state index in [1.54, 1.807) is 12.2 Å². The molecule has 0 bridgehead atoms. The number of carbonyl (C=O) groups excluding carboxylic acids is 1. The number of unbranched alkanes of at least 4 members (excludes halogenated alkanes) is 3. The van der Waals surface area contributed by atoms with Crippen LogP contribution in [0.4, 0.5) is 0 Å². The monoisotopic (exact) mass is 402 g/mol. The molecule has 0 atom stereocenters. The molecule has 0 aromatic carbocycles. The molecule has 2 nitrogen and oxygen atoms in total. The molecular weight excluding hydrogens is 367 g/mol. The van der Waals surface area contributed by atoms with E-state index in [4.69, 9.17) is 3.07 Å². The van der Waals surface area contributed by atoms with Crippen molar-refractivity contribution in [3.63, 3.8) is 0 Å². The Balaban J connectivity index is 4.88. The Hall–Kier alpha value is -0.251. The van der Waals surface area contributed by atoms with Crippen LogP contribution < -0.4 is 0 Å². The van der Waals surface area contributed by atoms with Crippen LogP contribution in [0, 0.1) is 0 Å². The van der Waals surface area contributed by atoms with Gasteiger partial charge < -0.3 is 0 Å². The predicted molar refractivity (Wildman–Crippen MR) is 94.9 cm³/mol. The fraction of sp³-hybridized carbons (Fsp3) is 0.722. The molecule has 3 heteroatoms. The van der Waals surface area contributed by atoms with Crippen LogP contribution in [0.5, 0.6) is 0 Å². The summed E-state index contributed by atoms with van der Waals surface area (Å²) >= 11 is -2.75. The van der Waals surface area contributed by atoms with Gasteiger partial charge in [0.25, 0.3) is 0 Å². The first-order valence-corrected chi connectivity index (χ1v) is 15.9. The second kappa shape index (κ2) is 13.4. The third-order valence-electron chi connectivity index (χ3n) is 3.81. The topological polar surface area (TPSA) is 26.3 Å². The average molecular weight is 401 g/mol. The van der Waals surface area contributed by atoms with Crippen molar-refractivity contribution in [3.8, 4) is 0 Å². The van der Waals surface area contributed by atoms with Crippen LogP contribution in [-0.2, 0) is 7.87 Å². The van der Waals surface area contributed by atoms with Crippen molar-refractivity contribution in [2.24, 2.45) is 0 Å². The van der Waals surface area contributed by atoms with E-state index in [2.05, 4.69) is 20.8 Å². The van der Waals surface area contributed by atoms with Crippen molar-refractivity contribution in [1.29, 1.82) is 0 Å². The zero-order chi connectivity index (χ0) is 16.0. The summed E-state index contributed by atoms with van der Waals surface area (Å²) in [6.45, 7) is 8.63. The van der Waals surface area contributed by atoms with Gasteiger partial charge in [-0.15, -0.1) is 0 Å². The molecule has 0 aliphatic carbocycles. The Morgan fingerprint density at radius 1 is 0.905 bits per heavy atom. The SMILES string of the molecule is CC=CC=CC(=O)[O][Sn]([CH2]CCC)([CH2]CCC)[CH2]CCC. The Labute approximate surface area is 136 Å². The number of allylic oxidation sites excluding steroid dienone is 3. The van der Waals surface area contributed by atoms with Gasteiger partial charge in [-0.3, -0.25) is 0 Å². The van der Waals surface area contributed by atoms with E-state index in [9.17, 15) is 4.79 Å². The summed E-state index contributed by atoms with van der Waals surface area (Å²) in [6, 6.07) is 0.